The standard InChI is InChI=1S/C24H28O4/c1-4-16-26-20-12-10-19(11-13-20)22(25)15-14-21-23(27-17-5-2)8-7-9-24(21)28-18-6-3/h4,7-15H,1,5-6,16-18H2,2-3H3/b15-14+. The minimum atomic E-state index is -0.0954. The lowest BCUT2D eigenvalue weighted by Gasteiger charge is -2.13. The maximum Gasteiger partial charge on any atom is 0.185 e. The summed E-state index contributed by atoms with van der Waals surface area (Å²) < 4.78 is 17.1. The van der Waals surface area contributed by atoms with Gasteiger partial charge in [-0.15, -0.1) is 0 Å². The number of ketones is 1. The van der Waals surface area contributed by atoms with Crippen molar-refractivity contribution in [3.05, 3.63) is 72.3 Å². The maximum absolute atomic E-state index is 12.6. The average Bonchev–Trinajstić information content (AvgIpc) is 2.73. The van der Waals surface area contributed by atoms with Crippen molar-refractivity contribution in [2.75, 3.05) is 19.8 Å². The molecule has 2 aromatic rings. The van der Waals surface area contributed by atoms with Gasteiger partial charge < -0.3 is 14.2 Å². The summed E-state index contributed by atoms with van der Waals surface area (Å²) in [5.74, 6) is 2.04. The van der Waals surface area contributed by atoms with Crippen molar-refractivity contribution >= 4 is 11.9 Å². The van der Waals surface area contributed by atoms with Crippen molar-refractivity contribution in [2.45, 2.75) is 26.7 Å². The molecule has 4 nitrogen and oxygen atoms in total. The molecule has 0 N–H and O–H groups in total. The van der Waals surface area contributed by atoms with Gasteiger partial charge in [0.1, 0.15) is 23.9 Å². The molecule has 28 heavy (non-hydrogen) atoms. The molecule has 2 aromatic carbocycles. The van der Waals surface area contributed by atoms with Crippen LogP contribution in [0.5, 0.6) is 17.2 Å². The molecule has 2 rings (SSSR count). The number of rotatable bonds is 12. The Labute approximate surface area is 167 Å². The monoisotopic (exact) mass is 380 g/mol. The van der Waals surface area contributed by atoms with E-state index >= 15 is 0 Å². The highest BCUT2D eigenvalue weighted by Crippen LogP contribution is 2.30. The molecule has 0 aliphatic rings. The van der Waals surface area contributed by atoms with E-state index in [2.05, 4.69) is 20.4 Å². The van der Waals surface area contributed by atoms with E-state index in [9.17, 15) is 4.79 Å². The van der Waals surface area contributed by atoms with E-state index in [1.54, 1.807) is 42.5 Å². The van der Waals surface area contributed by atoms with Gasteiger partial charge in [-0.05, 0) is 61.4 Å². The smallest absolute Gasteiger partial charge is 0.185 e. The highest BCUT2D eigenvalue weighted by Gasteiger charge is 2.10. The molecule has 0 spiro atoms. The van der Waals surface area contributed by atoms with Crippen LogP contribution in [0.1, 0.15) is 42.6 Å². The van der Waals surface area contributed by atoms with Gasteiger partial charge in [-0.1, -0.05) is 32.6 Å². The van der Waals surface area contributed by atoms with E-state index in [-0.39, 0.29) is 5.78 Å². The fraction of sp³-hybridized carbons (Fsp3) is 0.292. The number of carbonyl (C=O) groups is 1. The second kappa shape index (κ2) is 11.7. The zero-order valence-electron chi connectivity index (χ0n) is 16.6. The van der Waals surface area contributed by atoms with Crippen LogP contribution in [0.4, 0.5) is 0 Å². The van der Waals surface area contributed by atoms with Gasteiger partial charge >= 0.3 is 0 Å². The number of hydrogen-bond acceptors (Lipinski definition) is 4. The summed E-state index contributed by atoms with van der Waals surface area (Å²) in [5.41, 5.74) is 1.37. The van der Waals surface area contributed by atoms with Crippen LogP contribution in [0.3, 0.4) is 0 Å². The maximum atomic E-state index is 12.6. The molecule has 0 bridgehead atoms. The molecule has 0 aliphatic carbocycles. The Morgan fingerprint density at radius 1 is 0.929 bits per heavy atom. The van der Waals surface area contributed by atoms with Gasteiger partial charge in [0.05, 0.1) is 18.8 Å². The molecule has 0 saturated heterocycles. The van der Waals surface area contributed by atoms with E-state index in [4.69, 9.17) is 14.2 Å². The van der Waals surface area contributed by atoms with Crippen LogP contribution in [-0.4, -0.2) is 25.6 Å². The summed E-state index contributed by atoms with van der Waals surface area (Å²) in [5, 5.41) is 0. The highest BCUT2D eigenvalue weighted by molar-refractivity contribution is 6.07. The van der Waals surface area contributed by atoms with Gasteiger partial charge in [0.2, 0.25) is 0 Å². The van der Waals surface area contributed by atoms with Gasteiger partial charge in [-0.3, -0.25) is 4.79 Å². The Bertz CT molecular complexity index is 765. The number of ether oxygens (including phenoxy) is 3. The summed E-state index contributed by atoms with van der Waals surface area (Å²) in [4.78, 5) is 12.6. The first-order chi connectivity index (χ1) is 13.7. The molecule has 0 radical (unpaired) electrons. The van der Waals surface area contributed by atoms with Gasteiger partial charge in [0.15, 0.2) is 5.78 Å². The summed E-state index contributed by atoms with van der Waals surface area (Å²) in [7, 11) is 0. The van der Waals surface area contributed by atoms with Gasteiger partial charge in [0, 0.05) is 5.56 Å². The molecule has 0 heterocycles. The van der Waals surface area contributed by atoms with Gasteiger partial charge in [-0.2, -0.15) is 0 Å². The Kier molecular flexibility index (Phi) is 8.86. The van der Waals surface area contributed by atoms with E-state index in [1.807, 2.05) is 18.2 Å². The third kappa shape index (κ3) is 6.31. The van der Waals surface area contributed by atoms with Crippen LogP contribution in [-0.2, 0) is 0 Å². The number of benzene rings is 2. The van der Waals surface area contributed by atoms with E-state index in [0.29, 0.717) is 42.6 Å². The highest BCUT2D eigenvalue weighted by atomic mass is 16.5. The summed E-state index contributed by atoms with van der Waals surface area (Å²) in [6, 6.07) is 12.7. The van der Waals surface area contributed by atoms with Crippen molar-refractivity contribution in [1.82, 2.24) is 0 Å². The summed E-state index contributed by atoms with van der Waals surface area (Å²) in [6.07, 6.45) is 6.80. The van der Waals surface area contributed by atoms with Crippen LogP contribution in [0.25, 0.3) is 6.08 Å². The molecule has 0 fully saturated rings. The Hall–Kier alpha value is -3.01. The zero-order valence-corrected chi connectivity index (χ0v) is 16.6. The third-order valence-corrected chi connectivity index (χ3v) is 3.86. The van der Waals surface area contributed by atoms with Crippen LogP contribution in [0.2, 0.25) is 0 Å². The number of carbonyl (C=O) groups excluding carboxylic acids is 1. The van der Waals surface area contributed by atoms with Crippen LogP contribution < -0.4 is 14.2 Å². The van der Waals surface area contributed by atoms with E-state index < -0.39 is 0 Å². The minimum Gasteiger partial charge on any atom is -0.493 e. The molecule has 0 saturated carbocycles. The van der Waals surface area contributed by atoms with Crippen molar-refractivity contribution < 1.29 is 19.0 Å². The topological polar surface area (TPSA) is 44.8 Å². The van der Waals surface area contributed by atoms with Crippen LogP contribution in [0.15, 0.2) is 61.2 Å². The van der Waals surface area contributed by atoms with Crippen molar-refractivity contribution in [1.29, 1.82) is 0 Å². The minimum absolute atomic E-state index is 0.0954. The fourth-order valence-electron chi connectivity index (χ4n) is 2.49. The largest absolute Gasteiger partial charge is 0.493 e. The first kappa shape index (κ1) is 21.3. The Balaban J connectivity index is 2.20. The van der Waals surface area contributed by atoms with Crippen molar-refractivity contribution in [3.8, 4) is 17.2 Å². The van der Waals surface area contributed by atoms with Gasteiger partial charge in [-0.25, -0.2) is 0 Å². The molecule has 4 heteroatoms. The van der Waals surface area contributed by atoms with E-state index in [0.717, 1.165) is 18.4 Å². The summed E-state index contributed by atoms with van der Waals surface area (Å²) in [6.45, 7) is 9.38. The SMILES string of the molecule is C=CCOc1ccc(C(=O)/C=C/c2c(OCCC)cccc2OCCC)cc1. The van der Waals surface area contributed by atoms with Crippen LogP contribution >= 0.6 is 0 Å². The van der Waals surface area contributed by atoms with Crippen molar-refractivity contribution in [3.63, 3.8) is 0 Å². The van der Waals surface area contributed by atoms with E-state index in [1.165, 1.54) is 0 Å². The molecule has 0 aromatic heterocycles. The van der Waals surface area contributed by atoms with Gasteiger partial charge in [0.25, 0.3) is 0 Å². The molecule has 0 atom stereocenters. The Morgan fingerprint density at radius 3 is 2.07 bits per heavy atom. The normalized spacial score (nSPS) is 10.6. The second-order valence-electron chi connectivity index (χ2n) is 6.19. The predicted octanol–water partition coefficient (Wildman–Crippen LogP) is 5.73. The van der Waals surface area contributed by atoms with Crippen LogP contribution in [0, 0.1) is 0 Å². The molecule has 0 aliphatic heterocycles. The molecular weight excluding hydrogens is 352 g/mol. The van der Waals surface area contributed by atoms with Crippen molar-refractivity contribution in [2.24, 2.45) is 0 Å². The number of allylic oxidation sites excluding steroid dienone is 1. The lowest BCUT2D eigenvalue weighted by Crippen LogP contribution is -2.02. The third-order valence-electron chi connectivity index (χ3n) is 3.86. The summed E-state index contributed by atoms with van der Waals surface area (Å²) >= 11 is 0. The molecular formula is C24H28O4. The quantitative estimate of drug-likeness (QED) is 0.268. The molecule has 148 valence electrons. The average molecular weight is 380 g/mol. The first-order valence-electron chi connectivity index (χ1n) is 9.64. The molecule has 0 amide bonds. The fourth-order valence-corrected chi connectivity index (χ4v) is 2.49. The Morgan fingerprint density at radius 2 is 1.54 bits per heavy atom. The number of hydrogen-bond donors (Lipinski definition) is 0. The lowest BCUT2D eigenvalue weighted by molar-refractivity contribution is 0.104. The molecule has 0 unspecified atom stereocenters. The first-order valence-corrected chi connectivity index (χ1v) is 9.64. The second-order valence-corrected chi connectivity index (χ2v) is 6.19. The zero-order chi connectivity index (χ0) is 20.2. The predicted molar refractivity (Wildman–Crippen MR) is 114 cm³/mol. The lowest BCUT2D eigenvalue weighted by atomic mass is 10.1.